The predicted molar refractivity (Wildman–Crippen MR) is 64.3 cm³/mol. The summed E-state index contributed by atoms with van der Waals surface area (Å²) in [5, 5.41) is 2.58. The number of nitrogens with zero attached hydrogens (tertiary/aromatic N) is 1. The molecule has 0 aromatic carbocycles. The first-order valence-electron chi connectivity index (χ1n) is 6.04. The monoisotopic (exact) mass is 254 g/mol. The summed E-state index contributed by atoms with van der Waals surface area (Å²) in [7, 11) is 0. The highest BCUT2D eigenvalue weighted by molar-refractivity contribution is 5.68. The molecule has 6 nitrogen and oxygen atoms in total. The minimum absolute atomic E-state index is 0.329. The molecule has 100 valence electrons. The third-order valence-corrected chi connectivity index (χ3v) is 2.73. The average molecular weight is 254 g/mol. The third kappa shape index (κ3) is 2.75. The minimum Gasteiger partial charge on any atom is -0.444 e. The number of ether oxygens (including phenoxy) is 1. The Labute approximate surface area is 105 Å². The molecule has 0 aliphatic carbocycles. The summed E-state index contributed by atoms with van der Waals surface area (Å²) in [4.78, 5) is 24.9. The molecular weight excluding hydrogens is 236 g/mol. The van der Waals surface area contributed by atoms with Crippen LogP contribution in [0, 0.1) is 0 Å². The highest BCUT2D eigenvalue weighted by atomic mass is 16.6. The molecule has 1 aromatic heterocycles. The van der Waals surface area contributed by atoms with Crippen LogP contribution in [0.2, 0.25) is 0 Å². The van der Waals surface area contributed by atoms with Crippen LogP contribution in [0.25, 0.3) is 0 Å². The van der Waals surface area contributed by atoms with Crippen LogP contribution in [0.1, 0.15) is 38.4 Å². The zero-order valence-electron chi connectivity index (χ0n) is 10.9. The summed E-state index contributed by atoms with van der Waals surface area (Å²) in [5.41, 5.74) is 0.455. The maximum absolute atomic E-state index is 12.0. The first-order chi connectivity index (χ1) is 8.37. The smallest absolute Gasteiger partial charge is 0.410 e. The summed E-state index contributed by atoms with van der Waals surface area (Å²) in [6.07, 6.45) is 0.993. The third-order valence-electron chi connectivity index (χ3n) is 2.73. The molecule has 0 spiro atoms. The molecule has 2 rings (SSSR count). The topological polar surface area (TPSA) is 75.5 Å². The van der Waals surface area contributed by atoms with Gasteiger partial charge in [0.05, 0.1) is 17.8 Å². The van der Waals surface area contributed by atoms with Gasteiger partial charge >= 0.3 is 11.7 Å². The molecule has 0 atom stereocenters. The number of rotatable bonds is 0. The van der Waals surface area contributed by atoms with E-state index in [1.165, 1.54) is 0 Å². The van der Waals surface area contributed by atoms with Gasteiger partial charge in [0.25, 0.3) is 0 Å². The summed E-state index contributed by atoms with van der Waals surface area (Å²) in [6.45, 7) is 6.39. The van der Waals surface area contributed by atoms with Gasteiger partial charge < -0.3 is 14.2 Å². The Balaban J connectivity index is 2.13. The maximum atomic E-state index is 12.0. The highest BCUT2D eigenvalue weighted by Crippen LogP contribution is 2.17. The number of H-pyrrole nitrogens is 1. The first kappa shape index (κ1) is 12.7. The largest absolute Gasteiger partial charge is 0.444 e. The fourth-order valence-electron chi connectivity index (χ4n) is 1.93. The van der Waals surface area contributed by atoms with Crippen molar-refractivity contribution in [1.29, 1.82) is 0 Å². The van der Waals surface area contributed by atoms with E-state index < -0.39 is 5.60 Å². The van der Waals surface area contributed by atoms with Gasteiger partial charge in [-0.05, 0) is 33.6 Å². The number of nitrogens with one attached hydrogen (secondary N) is 1. The van der Waals surface area contributed by atoms with Crippen molar-refractivity contribution < 1.29 is 14.1 Å². The lowest BCUT2D eigenvalue weighted by Crippen LogP contribution is -2.36. The van der Waals surface area contributed by atoms with Crippen molar-refractivity contribution in [3.63, 3.8) is 0 Å². The molecule has 2 heterocycles. The van der Waals surface area contributed by atoms with Crippen LogP contribution in [-0.4, -0.2) is 28.3 Å². The Bertz CT molecular complexity index is 495. The standard InChI is InChI=1S/C12H18N2O4/c1-12(2,3)17-11(16)14-6-4-5-8-9(7-14)13-18-10(8)15/h13H,4-7H2,1-3H3. The lowest BCUT2D eigenvalue weighted by Gasteiger charge is -2.26. The van der Waals surface area contributed by atoms with Gasteiger partial charge in [0.15, 0.2) is 0 Å². The van der Waals surface area contributed by atoms with Crippen LogP contribution in [0.5, 0.6) is 0 Å². The first-order valence-corrected chi connectivity index (χ1v) is 6.04. The molecule has 0 saturated heterocycles. The molecule has 18 heavy (non-hydrogen) atoms. The molecule has 1 aromatic rings. The Morgan fingerprint density at radius 2 is 2.17 bits per heavy atom. The maximum Gasteiger partial charge on any atom is 0.410 e. The number of fused-ring (bicyclic) bond motifs is 1. The Morgan fingerprint density at radius 3 is 2.83 bits per heavy atom. The highest BCUT2D eigenvalue weighted by Gasteiger charge is 2.26. The van der Waals surface area contributed by atoms with E-state index in [0.29, 0.717) is 30.8 Å². The molecule has 6 heteroatoms. The summed E-state index contributed by atoms with van der Waals surface area (Å²) in [5.74, 6) is 0. The van der Waals surface area contributed by atoms with Crippen molar-refractivity contribution >= 4 is 6.09 Å². The van der Waals surface area contributed by atoms with Gasteiger partial charge in [-0.3, -0.25) is 0 Å². The van der Waals surface area contributed by atoms with Gasteiger partial charge in [-0.25, -0.2) is 14.7 Å². The van der Waals surface area contributed by atoms with Gasteiger partial charge in [0, 0.05) is 6.54 Å². The fourth-order valence-corrected chi connectivity index (χ4v) is 1.93. The van der Waals surface area contributed by atoms with Crippen molar-refractivity contribution in [2.45, 2.75) is 45.8 Å². The number of hydrogen-bond acceptors (Lipinski definition) is 4. The van der Waals surface area contributed by atoms with Gasteiger partial charge in [-0.1, -0.05) is 0 Å². The van der Waals surface area contributed by atoms with Crippen LogP contribution in [0.4, 0.5) is 4.79 Å². The van der Waals surface area contributed by atoms with E-state index in [0.717, 1.165) is 6.42 Å². The van der Waals surface area contributed by atoms with E-state index in [1.54, 1.807) is 4.90 Å². The molecule has 0 fully saturated rings. The minimum atomic E-state index is -0.518. The van der Waals surface area contributed by atoms with Crippen LogP contribution in [0.15, 0.2) is 9.32 Å². The summed E-state index contributed by atoms with van der Waals surface area (Å²) >= 11 is 0. The lowest BCUT2D eigenvalue weighted by atomic mass is 10.1. The zero-order chi connectivity index (χ0) is 13.3. The molecule has 1 amide bonds. The number of carbonyl (C=O) groups is 1. The van der Waals surface area contributed by atoms with Crippen LogP contribution >= 0.6 is 0 Å². The number of hydrogen-bond donors (Lipinski definition) is 1. The van der Waals surface area contributed by atoms with E-state index in [-0.39, 0.29) is 11.7 Å². The molecule has 0 radical (unpaired) electrons. The van der Waals surface area contributed by atoms with Gasteiger partial charge in [0.1, 0.15) is 5.60 Å². The molecule has 0 saturated carbocycles. The van der Waals surface area contributed by atoms with Gasteiger partial charge in [0.2, 0.25) is 0 Å². The van der Waals surface area contributed by atoms with Crippen molar-refractivity contribution in [2.24, 2.45) is 0 Å². The predicted octanol–water partition coefficient (Wildman–Crippen LogP) is 1.65. The Hall–Kier alpha value is -1.72. The van der Waals surface area contributed by atoms with Crippen molar-refractivity contribution in [1.82, 2.24) is 10.1 Å². The van der Waals surface area contributed by atoms with Gasteiger partial charge in [-0.2, -0.15) is 0 Å². The molecule has 1 aliphatic rings. The number of carbonyl (C=O) groups excluding carboxylic acids is 1. The molecule has 0 bridgehead atoms. The van der Waals surface area contributed by atoms with Crippen LogP contribution in [0.3, 0.4) is 0 Å². The van der Waals surface area contributed by atoms with E-state index in [2.05, 4.69) is 5.16 Å². The van der Waals surface area contributed by atoms with E-state index >= 15 is 0 Å². The van der Waals surface area contributed by atoms with E-state index in [4.69, 9.17) is 9.26 Å². The number of aromatic nitrogens is 1. The number of amides is 1. The molecule has 0 unspecified atom stereocenters. The van der Waals surface area contributed by atoms with Crippen molar-refractivity contribution in [3.8, 4) is 0 Å². The second kappa shape index (κ2) is 4.51. The normalized spacial score (nSPS) is 16.1. The Morgan fingerprint density at radius 1 is 1.44 bits per heavy atom. The second-order valence-corrected chi connectivity index (χ2v) is 5.45. The molecule has 1 N–H and O–H groups in total. The van der Waals surface area contributed by atoms with E-state index in [1.807, 2.05) is 20.8 Å². The molecule has 1 aliphatic heterocycles. The quantitative estimate of drug-likeness (QED) is 0.763. The molecular formula is C12H18N2O4. The second-order valence-electron chi connectivity index (χ2n) is 5.45. The lowest BCUT2D eigenvalue weighted by molar-refractivity contribution is 0.0233. The number of aromatic amines is 1. The van der Waals surface area contributed by atoms with Crippen molar-refractivity contribution in [3.05, 3.63) is 21.7 Å². The van der Waals surface area contributed by atoms with Crippen LogP contribution < -0.4 is 5.63 Å². The van der Waals surface area contributed by atoms with Crippen molar-refractivity contribution in [2.75, 3.05) is 6.54 Å². The van der Waals surface area contributed by atoms with Gasteiger partial charge in [-0.15, -0.1) is 0 Å². The summed E-state index contributed by atoms with van der Waals surface area (Å²) in [6, 6.07) is 0. The Kier molecular flexibility index (Phi) is 3.19. The average Bonchev–Trinajstić information content (AvgIpc) is 2.49. The van der Waals surface area contributed by atoms with E-state index in [9.17, 15) is 9.59 Å². The zero-order valence-corrected chi connectivity index (χ0v) is 10.9. The van der Waals surface area contributed by atoms with Crippen LogP contribution in [-0.2, 0) is 17.7 Å². The SMILES string of the molecule is CC(C)(C)OC(=O)N1CCCc2c([nH]oc2=O)C1. The fraction of sp³-hybridized carbons (Fsp3) is 0.667. The summed E-state index contributed by atoms with van der Waals surface area (Å²) < 4.78 is 10.1.